The van der Waals surface area contributed by atoms with Crippen molar-refractivity contribution in [3.05, 3.63) is 0 Å². The van der Waals surface area contributed by atoms with Gasteiger partial charge in [0, 0.05) is 13.1 Å². The molecule has 0 aromatic carbocycles. The van der Waals surface area contributed by atoms with Crippen molar-refractivity contribution in [2.45, 2.75) is 63.6 Å². The highest BCUT2D eigenvalue weighted by Gasteiger charge is 2.50. The van der Waals surface area contributed by atoms with E-state index >= 15 is 0 Å². The smallest absolute Gasteiger partial charge is 0.249 e. The third-order valence-corrected chi connectivity index (χ3v) is 6.47. The van der Waals surface area contributed by atoms with E-state index in [0.29, 0.717) is 12.0 Å². The van der Waals surface area contributed by atoms with Gasteiger partial charge in [-0.25, -0.2) is 0 Å². The van der Waals surface area contributed by atoms with Crippen LogP contribution in [0.15, 0.2) is 0 Å². The molecule has 4 saturated carbocycles. The first-order chi connectivity index (χ1) is 10.2. The van der Waals surface area contributed by atoms with Crippen LogP contribution >= 0.6 is 0 Å². The van der Waals surface area contributed by atoms with Crippen LogP contribution < -0.4 is 11.1 Å². The number of ether oxygens (including phenoxy) is 1. The van der Waals surface area contributed by atoms with Gasteiger partial charge in [-0.1, -0.05) is 0 Å². The van der Waals surface area contributed by atoms with Crippen molar-refractivity contribution >= 4 is 5.91 Å². The fourth-order valence-corrected chi connectivity index (χ4v) is 5.97. The van der Waals surface area contributed by atoms with Gasteiger partial charge < -0.3 is 15.8 Å². The second-order valence-electron chi connectivity index (χ2n) is 8.20. The van der Waals surface area contributed by atoms with Crippen LogP contribution in [-0.4, -0.2) is 31.2 Å². The molecule has 3 N–H and O–H groups in total. The molecule has 21 heavy (non-hydrogen) atoms. The number of hydrogen-bond acceptors (Lipinski definition) is 3. The highest BCUT2D eigenvalue weighted by Crippen LogP contribution is 2.59. The fraction of sp³-hybridized carbons (Fsp3) is 0.941. The Kier molecular flexibility index (Phi) is 3.49. The minimum Gasteiger partial charge on any atom is -0.364 e. The molecule has 4 heteroatoms. The van der Waals surface area contributed by atoms with Crippen molar-refractivity contribution in [1.29, 1.82) is 0 Å². The van der Waals surface area contributed by atoms with Gasteiger partial charge in [0.15, 0.2) is 0 Å². The summed E-state index contributed by atoms with van der Waals surface area (Å²) in [6.07, 6.45) is 9.97. The molecule has 4 bridgehead atoms. The predicted octanol–water partition coefficient (Wildman–Crippen LogP) is 1.83. The molecule has 5 aliphatic rings. The molecule has 2 atom stereocenters. The molecule has 4 aliphatic carbocycles. The van der Waals surface area contributed by atoms with Crippen LogP contribution in [-0.2, 0) is 9.53 Å². The molecule has 5 fully saturated rings. The van der Waals surface area contributed by atoms with E-state index in [-0.39, 0.29) is 18.1 Å². The maximum Gasteiger partial charge on any atom is 0.249 e. The van der Waals surface area contributed by atoms with Crippen molar-refractivity contribution < 1.29 is 9.53 Å². The van der Waals surface area contributed by atoms with Gasteiger partial charge in [-0.15, -0.1) is 0 Å². The number of nitrogens with two attached hydrogens (primary N) is 1. The van der Waals surface area contributed by atoms with Gasteiger partial charge in [0.05, 0.1) is 6.10 Å². The Balaban J connectivity index is 1.33. The molecule has 0 radical (unpaired) electrons. The van der Waals surface area contributed by atoms with E-state index in [1.165, 1.54) is 38.5 Å². The topological polar surface area (TPSA) is 64.4 Å². The summed E-state index contributed by atoms with van der Waals surface area (Å²) in [7, 11) is 0. The third-order valence-electron chi connectivity index (χ3n) is 6.47. The van der Waals surface area contributed by atoms with Crippen molar-refractivity contribution in [3.63, 3.8) is 0 Å². The van der Waals surface area contributed by atoms with E-state index in [4.69, 9.17) is 10.5 Å². The number of amides is 1. The van der Waals surface area contributed by atoms with Crippen LogP contribution in [0, 0.1) is 23.2 Å². The Morgan fingerprint density at radius 3 is 2.24 bits per heavy atom. The van der Waals surface area contributed by atoms with Crippen molar-refractivity contribution in [2.24, 2.45) is 28.9 Å². The standard InChI is InChI=1S/C17H28N2O2/c18-9-14-1-2-15(21-14)16(20)19-10-17-6-11-3-12(7-17)5-13(4-11)8-17/h11-15H,1-10,18H2,(H,19,20). The largest absolute Gasteiger partial charge is 0.364 e. The molecule has 4 nitrogen and oxygen atoms in total. The van der Waals surface area contributed by atoms with Crippen LogP contribution in [0.1, 0.15) is 51.4 Å². The highest BCUT2D eigenvalue weighted by molar-refractivity contribution is 5.81. The lowest BCUT2D eigenvalue weighted by molar-refractivity contribution is -0.133. The van der Waals surface area contributed by atoms with Crippen molar-refractivity contribution in [3.8, 4) is 0 Å². The van der Waals surface area contributed by atoms with Crippen molar-refractivity contribution in [2.75, 3.05) is 13.1 Å². The quantitative estimate of drug-likeness (QED) is 0.831. The zero-order valence-corrected chi connectivity index (χ0v) is 12.9. The number of hydrogen-bond donors (Lipinski definition) is 2. The first kappa shape index (κ1) is 14.0. The first-order valence-corrected chi connectivity index (χ1v) is 8.79. The van der Waals surface area contributed by atoms with E-state index in [9.17, 15) is 4.79 Å². The van der Waals surface area contributed by atoms with E-state index in [0.717, 1.165) is 37.1 Å². The monoisotopic (exact) mass is 292 g/mol. The first-order valence-electron chi connectivity index (χ1n) is 8.79. The van der Waals surface area contributed by atoms with Crippen LogP contribution in [0.5, 0.6) is 0 Å². The molecule has 1 amide bonds. The van der Waals surface area contributed by atoms with Gasteiger partial charge in [-0.05, 0) is 74.5 Å². The predicted molar refractivity (Wildman–Crippen MR) is 80.6 cm³/mol. The summed E-state index contributed by atoms with van der Waals surface area (Å²) in [6, 6.07) is 0. The van der Waals surface area contributed by atoms with Crippen LogP contribution in [0.25, 0.3) is 0 Å². The summed E-state index contributed by atoms with van der Waals surface area (Å²) in [5.41, 5.74) is 6.03. The summed E-state index contributed by atoms with van der Waals surface area (Å²) < 4.78 is 5.71. The van der Waals surface area contributed by atoms with Gasteiger partial charge in [0.2, 0.25) is 5.91 Å². The lowest BCUT2D eigenvalue weighted by atomic mass is 9.49. The van der Waals surface area contributed by atoms with E-state index in [2.05, 4.69) is 5.32 Å². The zero-order chi connectivity index (χ0) is 14.4. The molecule has 1 heterocycles. The lowest BCUT2D eigenvalue weighted by Crippen LogP contribution is -2.52. The number of carbonyl (C=O) groups excluding carboxylic acids is 1. The van der Waals surface area contributed by atoms with Crippen LogP contribution in [0.3, 0.4) is 0 Å². The Hall–Kier alpha value is -0.610. The van der Waals surface area contributed by atoms with E-state index in [1.54, 1.807) is 0 Å². The highest BCUT2D eigenvalue weighted by atomic mass is 16.5. The summed E-state index contributed by atoms with van der Waals surface area (Å²) in [6.45, 7) is 1.40. The molecule has 118 valence electrons. The Labute approximate surface area is 127 Å². The van der Waals surface area contributed by atoms with Gasteiger partial charge in [-0.2, -0.15) is 0 Å². The second kappa shape index (κ2) is 5.24. The van der Waals surface area contributed by atoms with E-state index < -0.39 is 0 Å². The van der Waals surface area contributed by atoms with Gasteiger partial charge in [0.1, 0.15) is 6.10 Å². The molecule has 0 aromatic heterocycles. The average Bonchev–Trinajstić information content (AvgIpc) is 2.92. The summed E-state index contributed by atoms with van der Waals surface area (Å²) >= 11 is 0. The second-order valence-corrected chi connectivity index (χ2v) is 8.20. The molecule has 5 rings (SSSR count). The number of nitrogens with one attached hydrogen (secondary N) is 1. The zero-order valence-electron chi connectivity index (χ0n) is 12.9. The number of rotatable bonds is 4. The summed E-state index contributed by atoms with van der Waals surface area (Å²) in [5, 5.41) is 3.22. The van der Waals surface area contributed by atoms with Crippen LogP contribution in [0.4, 0.5) is 0 Å². The number of carbonyl (C=O) groups is 1. The molecular formula is C17H28N2O2. The molecule has 0 aromatic rings. The van der Waals surface area contributed by atoms with Gasteiger partial charge in [0.25, 0.3) is 0 Å². The Bertz CT molecular complexity index is 388. The SMILES string of the molecule is NCC1CCC(C(=O)NCC23CC4CC(CC(C4)C2)C3)O1. The minimum atomic E-state index is -0.257. The third kappa shape index (κ3) is 2.61. The van der Waals surface area contributed by atoms with E-state index in [1.807, 2.05) is 0 Å². The minimum absolute atomic E-state index is 0.0836. The lowest BCUT2D eigenvalue weighted by Gasteiger charge is -2.57. The molecule has 2 unspecified atom stereocenters. The Morgan fingerprint density at radius 2 is 1.71 bits per heavy atom. The maximum absolute atomic E-state index is 12.3. The van der Waals surface area contributed by atoms with Crippen LogP contribution in [0.2, 0.25) is 0 Å². The normalized spacial score (nSPS) is 47.8. The molecule has 1 saturated heterocycles. The average molecular weight is 292 g/mol. The summed E-state index contributed by atoms with van der Waals surface area (Å²) in [5.74, 6) is 2.93. The van der Waals surface area contributed by atoms with Gasteiger partial charge in [-0.3, -0.25) is 4.79 Å². The van der Waals surface area contributed by atoms with Gasteiger partial charge >= 0.3 is 0 Å². The van der Waals surface area contributed by atoms with Crippen molar-refractivity contribution in [1.82, 2.24) is 5.32 Å². The molecular weight excluding hydrogens is 264 g/mol. The fourth-order valence-electron chi connectivity index (χ4n) is 5.97. The molecule has 0 spiro atoms. The molecule has 1 aliphatic heterocycles. The maximum atomic E-state index is 12.3. The summed E-state index contributed by atoms with van der Waals surface area (Å²) in [4.78, 5) is 12.3. The Morgan fingerprint density at radius 1 is 1.10 bits per heavy atom.